The van der Waals surface area contributed by atoms with E-state index in [1.807, 2.05) is 12.1 Å². The third-order valence-corrected chi connectivity index (χ3v) is 2.17. The molecule has 0 bridgehead atoms. The summed E-state index contributed by atoms with van der Waals surface area (Å²) in [6.07, 6.45) is 1.08. The summed E-state index contributed by atoms with van der Waals surface area (Å²) in [5.74, 6) is 1.46. The predicted molar refractivity (Wildman–Crippen MR) is 57.3 cm³/mol. The number of rotatable bonds is 4. The molecule has 0 fully saturated rings. The molecule has 1 heterocycles. The molecular weight excluding hydrogens is 232 g/mol. The number of nitrogens with one attached hydrogen (secondary N) is 1. The Morgan fingerprint density at radius 1 is 1.54 bits per heavy atom. The van der Waals surface area contributed by atoms with Crippen molar-refractivity contribution in [2.75, 3.05) is 19.0 Å². The van der Waals surface area contributed by atoms with Crippen molar-refractivity contribution in [2.45, 2.75) is 13.3 Å². The van der Waals surface area contributed by atoms with E-state index in [1.165, 1.54) is 0 Å². The van der Waals surface area contributed by atoms with Crippen molar-refractivity contribution >= 4 is 21.7 Å². The molecule has 1 rings (SSSR count). The van der Waals surface area contributed by atoms with Crippen LogP contribution in [-0.2, 0) is 0 Å². The average molecular weight is 245 g/mol. The predicted octanol–water partition coefficient (Wildman–Crippen LogP) is 2.67. The Balaban J connectivity index is 2.74. The topological polar surface area (TPSA) is 34.1 Å². The molecular formula is C9H13BrN2O. The summed E-state index contributed by atoms with van der Waals surface area (Å²) in [6.45, 7) is 3.04. The molecule has 0 saturated heterocycles. The maximum Gasteiger partial charge on any atom is 0.229 e. The second-order valence-corrected chi connectivity index (χ2v) is 3.47. The van der Waals surface area contributed by atoms with Crippen molar-refractivity contribution in [3.05, 3.63) is 16.6 Å². The summed E-state index contributed by atoms with van der Waals surface area (Å²) in [6, 6.07) is 3.84. The van der Waals surface area contributed by atoms with Crippen LogP contribution in [0.5, 0.6) is 5.88 Å². The van der Waals surface area contributed by atoms with E-state index in [-0.39, 0.29) is 0 Å². The fourth-order valence-electron chi connectivity index (χ4n) is 0.918. The van der Waals surface area contributed by atoms with E-state index in [4.69, 9.17) is 4.74 Å². The van der Waals surface area contributed by atoms with Crippen molar-refractivity contribution < 1.29 is 4.74 Å². The lowest BCUT2D eigenvalue weighted by atomic mass is 10.4. The lowest BCUT2D eigenvalue weighted by molar-refractivity contribution is 0.395. The average Bonchev–Trinajstić information content (AvgIpc) is 2.16. The minimum atomic E-state index is 0.612. The Labute approximate surface area is 86.6 Å². The van der Waals surface area contributed by atoms with Gasteiger partial charge in [-0.15, -0.1) is 0 Å². The van der Waals surface area contributed by atoms with Crippen LogP contribution in [-0.4, -0.2) is 18.6 Å². The highest BCUT2D eigenvalue weighted by molar-refractivity contribution is 9.10. The summed E-state index contributed by atoms with van der Waals surface area (Å²) < 4.78 is 5.94. The standard InChI is InChI=1S/C9H13BrN2O/c1-3-6-11-8-5-4-7(10)9(12-8)13-2/h4-5H,3,6H2,1-2H3,(H,11,12). The van der Waals surface area contributed by atoms with Gasteiger partial charge in [0.25, 0.3) is 0 Å². The lowest BCUT2D eigenvalue weighted by Gasteiger charge is -2.06. The molecule has 1 aromatic rings. The van der Waals surface area contributed by atoms with Crippen LogP contribution >= 0.6 is 15.9 Å². The van der Waals surface area contributed by atoms with Gasteiger partial charge >= 0.3 is 0 Å². The number of hydrogen-bond donors (Lipinski definition) is 1. The van der Waals surface area contributed by atoms with Crippen LogP contribution in [0.25, 0.3) is 0 Å². The van der Waals surface area contributed by atoms with Crippen LogP contribution in [0, 0.1) is 0 Å². The third kappa shape index (κ3) is 2.88. The third-order valence-electron chi connectivity index (χ3n) is 1.56. The van der Waals surface area contributed by atoms with Gasteiger partial charge in [-0.1, -0.05) is 6.92 Å². The van der Waals surface area contributed by atoms with Gasteiger partial charge in [0.05, 0.1) is 11.6 Å². The second-order valence-electron chi connectivity index (χ2n) is 2.61. The maximum absolute atomic E-state index is 5.07. The van der Waals surface area contributed by atoms with Crippen LogP contribution in [0.2, 0.25) is 0 Å². The minimum Gasteiger partial charge on any atom is -0.480 e. The van der Waals surface area contributed by atoms with Gasteiger partial charge in [0.1, 0.15) is 5.82 Å². The van der Waals surface area contributed by atoms with Crippen LogP contribution < -0.4 is 10.1 Å². The zero-order valence-electron chi connectivity index (χ0n) is 7.80. The zero-order valence-corrected chi connectivity index (χ0v) is 9.39. The first kappa shape index (κ1) is 10.3. The minimum absolute atomic E-state index is 0.612. The van der Waals surface area contributed by atoms with Crippen molar-refractivity contribution in [3.63, 3.8) is 0 Å². The van der Waals surface area contributed by atoms with Crippen molar-refractivity contribution in [1.29, 1.82) is 0 Å². The molecule has 13 heavy (non-hydrogen) atoms. The molecule has 0 spiro atoms. The van der Waals surface area contributed by atoms with E-state index in [9.17, 15) is 0 Å². The van der Waals surface area contributed by atoms with Crippen molar-refractivity contribution in [1.82, 2.24) is 4.98 Å². The molecule has 0 aliphatic heterocycles. The smallest absolute Gasteiger partial charge is 0.229 e. The Hall–Kier alpha value is -0.770. The largest absolute Gasteiger partial charge is 0.480 e. The Morgan fingerprint density at radius 2 is 2.31 bits per heavy atom. The first-order valence-corrected chi connectivity index (χ1v) is 5.01. The van der Waals surface area contributed by atoms with E-state index in [2.05, 4.69) is 33.2 Å². The normalized spacial score (nSPS) is 9.77. The number of anilines is 1. The highest BCUT2D eigenvalue weighted by Gasteiger charge is 2.01. The van der Waals surface area contributed by atoms with Crippen molar-refractivity contribution in [2.24, 2.45) is 0 Å². The van der Waals surface area contributed by atoms with E-state index in [1.54, 1.807) is 7.11 Å². The van der Waals surface area contributed by atoms with Crippen LogP contribution in [0.15, 0.2) is 16.6 Å². The number of methoxy groups -OCH3 is 1. The van der Waals surface area contributed by atoms with Gasteiger partial charge < -0.3 is 10.1 Å². The quantitative estimate of drug-likeness (QED) is 0.885. The highest BCUT2D eigenvalue weighted by Crippen LogP contribution is 2.23. The Bertz CT molecular complexity index is 278. The number of aromatic nitrogens is 1. The summed E-state index contributed by atoms with van der Waals surface area (Å²) in [4.78, 5) is 4.25. The Kier molecular flexibility index (Phi) is 4.02. The van der Waals surface area contributed by atoms with Crippen LogP contribution in [0.4, 0.5) is 5.82 Å². The number of nitrogens with zero attached hydrogens (tertiary/aromatic N) is 1. The lowest BCUT2D eigenvalue weighted by Crippen LogP contribution is -2.02. The van der Waals surface area contributed by atoms with E-state index < -0.39 is 0 Å². The summed E-state index contributed by atoms with van der Waals surface area (Å²) >= 11 is 3.34. The number of hydrogen-bond acceptors (Lipinski definition) is 3. The molecule has 4 heteroatoms. The van der Waals surface area contributed by atoms with Gasteiger partial charge in [-0.2, -0.15) is 4.98 Å². The van der Waals surface area contributed by atoms with Gasteiger partial charge in [-0.05, 0) is 34.5 Å². The van der Waals surface area contributed by atoms with E-state index in [0.717, 1.165) is 23.3 Å². The van der Waals surface area contributed by atoms with Gasteiger partial charge in [0.2, 0.25) is 5.88 Å². The first-order chi connectivity index (χ1) is 6.27. The van der Waals surface area contributed by atoms with Gasteiger partial charge in [-0.25, -0.2) is 0 Å². The van der Waals surface area contributed by atoms with Gasteiger partial charge in [-0.3, -0.25) is 0 Å². The van der Waals surface area contributed by atoms with Crippen LogP contribution in [0.3, 0.4) is 0 Å². The summed E-state index contributed by atoms with van der Waals surface area (Å²) in [5.41, 5.74) is 0. The van der Waals surface area contributed by atoms with Gasteiger partial charge in [0, 0.05) is 6.54 Å². The highest BCUT2D eigenvalue weighted by atomic mass is 79.9. The molecule has 1 aromatic heterocycles. The molecule has 0 aliphatic carbocycles. The molecule has 0 aromatic carbocycles. The molecule has 0 amide bonds. The molecule has 0 unspecified atom stereocenters. The number of ether oxygens (including phenoxy) is 1. The summed E-state index contributed by atoms with van der Waals surface area (Å²) in [7, 11) is 1.61. The molecule has 72 valence electrons. The van der Waals surface area contributed by atoms with Crippen molar-refractivity contribution in [3.8, 4) is 5.88 Å². The summed E-state index contributed by atoms with van der Waals surface area (Å²) in [5, 5.41) is 3.18. The molecule has 0 saturated carbocycles. The molecule has 3 nitrogen and oxygen atoms in total. The fraction of sp³-hybridized carbons (Fsp3) is 0.444. The number of pyridine rings is 1. The van der Waals surface area contributed by atoms with Crippen LogP contribution in [0.1, 0.15) is 13.3 Å². The van der Waals surface area contributed by atoms with Gasteiger partial charge in [0.15, 0.2) is 0 Å². The molecule has 1 N–H and O–H groups in total. The van der Waals surface area contributed by atoms with E-state index >= 15 is 0 Å². The monoisotopic (exact) mass is 244 g/mol. The Morgan fingerprint density at radius 3 is 2.92 bits per heavy atom. The zero-order chi connectivity index (χ0) is 9.68. The molecule has 0 atom stereocenters. The maximum atomic E-state index is 5.07. The molecule has 0 aliphatic rings. The van der Waals surface area contributed by atoms with E-state index in [0.29, 0.717) is 5.88 Å². The fourth-order valence-corrected chi connectivity index (χ4v) is 1.30. The molecule has 0 radical (unpaired) electrons. The SMILES string of the molecule is CCCNc1ccc(Br)c(OC)n1. The first-order valence-electron chi connectivity index (χ1n) is 4.22. The number of halogens is 1. The second kappa shape index (κ2) is 5.07.